The number of hydrogen-bond donors (Lipinski definition) is 2. The first kappa shape index (κ1) is 12.8. The van der Waals surface area contributed by atoms with Crippen LogP contribution in [-0.4, -0.2) is 15.0 Å². The third kappa shape index (κ3) is 2.74. The van der Waals surface area contributed by atoms with E-state index in [-0.39, 0.29) is 0 Å². The van der Waals surface area contributed by atoms with Crippen LogP contribution in [0.4, 0.5) is 23.1 Å². The van der Waals surface area contributed by atoms with E-state index in [9.17, 15) is 0 Å². The lowest BCUT2D eigenvalue weighted by atomic mass is 10.0. The van der Waals surface area contributed by atoms with E-state index in [2.05, 4.69) is 49.9 Å². The molecule has 0 spiro atoms. The monoisotopic (exact) mass is 289 g/mol. The summed E-state index contributed by atoms with van der Waals surface area (Å²) in [5.41, 5.74) is 4.42. The number of benzene rings is 1. The zero-order valence-corrected chi connectivity index (χ0v) is 12.0. The highest BCUT2D eigenvalue weighted by Crippen LogP contribution is 2.21. The van der Waals surface area contributed by atoms with Crippen molar-refractivity contribution in [3.8, 4) is 0 Å². The van der Waals surface area contributed by atoms with Crippen LogP contribution >= 0.6 is 0 Å². The van der Waals surface area contributed by atoms with E-state index >= 15 is 0 Å². The Labute approximate surface area is 128 Å². The number of anilines is 4. The van der Waals surface area contributed by atoms with E-state index in [1.54, 1.807) is 12.4 Å². The molecule has 0 aliphatic carbocycles. The number of aryl methyl sites for hydroxylation is 2. The highest BCUT2D eigenvalue weighted by atomic mass is 15.1. The Hall–Kier alpha value is -2.95. The average Bonchev–Trinajstić information content (AvgIpc) is 2.54. The van der Waals surface area contributed by atoms with Crippen LogP contribution in [0.2, 0.25) is 0 Å². The van der Waals surface area contributed by atoms with Gasteiger partial charge in [-0.3, -0.25) is 4.98 Å². The van der Waals surface area contributed by atoms with Gasteiger partial charge in [0.2, 0.25) is 5.95 Å². The van der Waals surface area contributed by atoms with Crippen molar-refractivity contribution < 1.29 is 0 Å². The first-order valence-electron chi connectivity index (χ1n) is 7.25. The molecule has 6 bridgehead atoms. The van der Waals surface area contributed by atoms with Gasteiger partial charge in [-0.25, -0.2) is 4.98 Å². The van der Waals surface area contributed by atoms with Crippen LogP contribution in [0.3, 0.4) is 0 Å². The highest BCUT2D eigenvalue weighted by Gasteiger charge is 2.05. The maximum Gasteiger partial charge on any atom is 0.229 e. The molecule has 108 valence electrons. The summed E-state index contributed by atoms with van der Waals surface area (Å²) in [6.07, 6.45) is 7.35. The highest BCUT2D eigenvalue weighted by molar-refractivity contribution is 5.60. The molecule has 0 fully saturated rings. The predicted molar refractivity (Wildman–Crippen MR) is 86.7 cm³/mol. The summed E-state index contributed by atoms with van der Waals surface area (Å²) in [6, 6.07) is 12.4. The van der Waals surface area contributed by atoms with E-state index < -0.39 is 0 Å². The number of hydrogen-bond acceptors (Lipinski definition) is 5. The van der Waals surface area contributed by atoms with E-state index in [4.69, 9.17) is 0 Å². The van der Waals surface area contributed by atoms with Gasteiger partial charge in [-0.2, -0.15) is 4.98 Å². The molecule has 1 aromatic carbocycles. The lowest BCUT2D eigenvalue weighted by Crippen LogP contribution is -2.00. The van der Waals surface area contributed by atoms with Crippen LogP contribution in [0.5, 0.6) is 0 Å². The molecule has 0 saturated carbocycles. The van der Waals surface area contributed by atoms with E-state index in [0.717, 1.165) is 30.0 Å². The van der Waals surface area contributed by atoms with Crippen molar-refractivity contribution in [1.29, 1.82) is 0 Å². The summed E-state index contributed by atoms with van der Waals surface area (Å²) >= 11 is 0. The third-order valence-corrected chi connectivity index (χ3v) is 3.61. The van der Waals surface area contributed by atoms with Gasteiger partial charge in [-0.15, -0.1) is 0 Å². The second kappa shape index (κ2) is 5.44. The van der Waals surface area contributed by atoms with Gasteiger partial charge in [0, 0.05) is 18.1 Å². The second-order valence-corrected chi connectivity index (χ2v) is 5.30. The minimum atomic E-state index is 0.555. The molecule has 0 saturated heterocycles. The lowest BCUT2D eigenvalue weighted by molar-refractivity contribution is 0.951. The fraction of sp³-hybridized carbons (Fsp3) is 0.118. The molecule has 3 aromatic rings. The molecule has 22 heavy (non-hydrogen) atoms. The fourth-order valence-electron chi connectivity index (χ4n) is 2.55. The molecule has 0 atom stereocenters. The first-order chi connectivity index (χ1) is 10.8. The lowest BCUT2D eigenvalue weighted by Gasteiger charge is -2.08. The average molecular weight is 289 g/mol. The SMILES string of the molecule is c1cc2cc(c1)Nc1ccnc(n1)Nc1cncc(c1)CC2. The minimum absolute atomic E-state index is 0.555. The van der Waals surface area contributed by atoms with Crippen molar-refractivity contribution in [2.45, 2.75) is 12.8 Å². The van der Waals surface area contributed by atoms with Crippen molar-refractivity contribution in [1.82, 2.24) is 15.0 Å². The van der Waals surface area contributed by atoms with E-state index in [0.29, 0.717) is 5.95 Å². The molecule has 5 heteroatoms. The Kier molecular flexibility index (Phi) is 3.16. The van der Waals surface area contributed by atoms with Crippen molar-refractivity contribution in [2.24, 2.45) is 0 Å². The number of nitrogens with zero attached hydrogens (tertiary/aromatic N) is 3. The number of rotatable bonds is 0. The molecule has 0 amide bonds. The third-order valence-electron chi connectivity index (χ3n) is 3.61. The van der Waals surface area contributed by atoms with Crippen LogP contribution < -0.4 is 10.6 Å². The molecule has 0 unspecified atom stereocenters. The van der Waals surface area contributed by atoms with E-state index in [1.165, 1.54) is 11.1 Å². The van der Waals surface area contributed by atoms with Gasteiger partial charge in [-0.05, 0) is 48.2 Å². The van der Waals surface area contributed by atoms with Gasteiger partial charge in [0.25, 0.3) is 0 Å². The van der Waals surface area contributed by atoms with Crippen molar-refractivity contribution in [3.63, 3.8) is 0 Å². The Bertz CT molecular complexity index is 751. The van der Waals surface area contributed by atoms with Crippen LogP contribution in [-0.2, 0) is 12.8 Å². The second-order valence-electron chi connectivity index (χ2n) is 5.30. The van der Waals surface area contributed by atoms with E-state index in [1.807, 2.05) is 18.3 Å². The maximum absolute atomic E-state index is 4.48. The summed E-state index contributed by atoms with van der Waals surface area (Å²) in [5.74, 6) is 1.32. The minimum Gasteiger partial charge on any atom is -0.340 e. The Morgan fingerprint density at radius 2 is 1.77 bits per heavy atom. The van der Waals surface area contributed by atoms with Gasteiger partial charge >= 0.3 is 0 Å². The summed E-state index contributed by atoms with van der Waals surface area (Å²) in [7, 11) is 0. The van der Waals surface area contributed by atoms with Gasteiger partial charge in [-0.1, -0.05) is 12.1 Å². The Morgan fingerprint density at radius 3 is 2.77 bits per heavy atom. The van der Waals surface area contributed by atoms with Gasteiger partial charge in [0.1, 0.15) is 5.82 Å². The molecule has 4 rings (SSSR count). The standard InChI is InChI=1S/C17H15N5/c1-2-12-4-5-13-9-15(11-18-10-13)21-17-19-7-6-16(22-17)20-14(3-1)8-12/h1-3,6-11H,4-5H2,(H2,19,20,21,22). The number of fused-ring (bicyclic) bond motifs is 6. The largest absolute Gasteiger partial charge is 0.340 e. The topological polar surface area (TPSA) is 62.7 Å². The summed E-state index contributed by atoms with van der Waals surface area (Å²) in [4.78, 5) is 13.0. The fourth-order valence-corrected chi connectivity index (χ4v) is 2.55. The van der Waals surface area contributed by atoms with Gasteiger partial charge < -0.3 is 10.6 Å². The van der Waals surface area contributed by atoms with Crippen molar-refractivity contribution in [3.05, 3.63) is 66.1 Å². The van der Waals surface area contributed by atoms with Crippen LogP contribution in [0.15, 0.2) is 55.0 Å². The number of nitrogens with one attached hydrogen (secondary N) is 2. The predicted octanol–water partition coefficient (Wildman–Crippen LogP) is 3.46. The zero-order valence-electron chi connectivity index (χ0n) is 12.0. The van der Waals surface area contributed by atoms with Crippen LogP contribution in [0, 0.1) is 0 Å². The molecule has 1 aliphatic heterocycles. The molecule has 2 N–H and O–H groups in total. The molecule has 5 nitrogen and oxygen atoms in total. The number of pyridine rings is 1. The van der Waals surface area contributed by atoms with Crippen molar-refractivity contribution >= 4 is 23.1 Å². The van der Waals surface area contributed by atoms with Gasteiger partial charge in [0.15, 0.2) is 0 Å². The molecular weight excluding hydrogens is 274 g/mol. The van der Waals surface area contributed by atoms with Crippen LogP contribution in [0.25, 0.3) is 0 Å². The smallest absolute Gasteiger partial charge is 0.229 e. The Balaban J connectivity index is 1.80. The normalized spacial score (nSPS) is 12.9. The molecule has 0 radical (unpaired) electrons. The first-order valence-corrected chi connectivity index (χ1v) is 7.25. The quantitative estimate of drug-likeness (QED) is 0.663. The summed E-state index contributed by atoms with van der Waals surface area (Å²) in [6.45, 7) is 0. The summed E-state index contributed by atoms with van der Waals surface area (Å²) < 4.78 is 0. The van der Waals surface area contributed by atoms with Gasteiger partial charge in [0.05, 0.1) is 11.9 Å². The Morgan fingerprint density at radius 1 is 0.864 bits per heavy atom. The summed E-state index contributed by atoms with van der Waals surface area (Å²) in [5, 5.41) is 6.53. The zero-order chi connectivity index (χ0) is 14.8. The molecule has 2 aromatic heterocycles. The molecular formula is C17H15N5. The number of aromatic nitrogens is 3. The maximum atomic E-state index is 4.48. The van der Waals surface area contributed by atoms with Crippen molar-refractivity contribution in [2.75, 3.05) is 10.6 Å². The van der Waals surface area contributed by atoms with Crippen LogP contribution in [0.1, 0.15) is 11.1 Å². The molecule has 1 aliphatic rings. The molecule has 3 heterocycles.